The van der Waals surface area contributed by atoms with Crippen LogP contribution in [-0.4, -0.2) is 34.0 Å². The summed E-state index contributed by atoms with van der Waals surface area (Å²) >= 11 is 0. The largest absolute Gasteiger partial charge is 0.431 e. The number of aromatic nitrogens is 3. The van der Waals surface area contributed by atoms with Crippen LogP contribution in [-0.2, 0) is 10.9 Å². The number of aryl methyl sites for hydroxylation is 1. The Bertz CT molecular complexity index is 1080. The SMILES string of the molecule is COCC#Cc1ccc(NC(=O)c2ncn3c(C(F)(F)F)cc(C)nc23)cc1. The molecule has 0 spiro atoms. The van der Waals surface area contributed by atoms with Crippen LogP contribution in [0.15, 0.2) is 36.7 Å². The van der Waals surface area contributed by atoms with Crippen LogP contribution in [0.1, 0.15) is 27.4 Å². The number of nitrogens with zero attached hydrogens (tertiary/aromatic N) is 3. The third-order valence-corrected chi connectivity index (χ3v) is 3.73. The van der Waals surface area contributed by atoms with E-state index >= 15 is 0 Å². The smallest absolute Gasteiger partial charge is 0.372 e. The van der Waals surface area contributed by atoms with Crippen LogP contribution in [0.3, 0.4) is 0 Å². The lowest BCUT2D eigenvalue weighted by molar-refractivity contribution is -0.142. The van der Waals surface area contributed by atoms with Crippen molar-refractivity contribution < 1.29 is 22.7 Å². The average molecular weight is 388 g/mol. The number of hydrogen-bond donors (Lipinski definition) is 1. The van der Waals surface area contributed by atoms with E-state index in [-0.39, 0.29) is 17.0 Å². The molecule has 9 heteroatoms. The molecule has 0 fully saturated rings. The van der Waals surface area contributed by atoms with Gasteiger partial charge in [0.1, 0.15) is 18.6 Å². The highest BCUT2D eigenvalue weighted by molar-refractivity contribution is 6.06. The Kier molecular flexibility index (Phi) is 5.33. The van der Waals surface area contributed by atoms with Crippen LogP contribution in [0.4, 0.5) is 18.9 Å². The van der Waals surface area contributed by atoms with Crippen LogP contribution in [0.25, 0.3) is 5.65 Å². The lowest BCUT2D eigenvalue weighted by Crippen LogP contribution is -2.15. The first-order chi connectivity index (χ1) is 13.3. The zero-order chi connectivity index (χ0) is 20.3. The first-order valence-corrected chi connectivity index (χ1v) is 8.10. The predicted molar refractivity (Wildman–Crippen MR) is 95.9 cm³/mol. The topological polar surface area (TPSA) is 68.5 Å². The molecule has 0 aliphatic rings. The molecule has 2 aromatic heterocycles. The highest BCUT2D eigenvalue weighted by Crippen LogP contribution is 2.30. The van der Waals surface area contributed by atoms with E-state index in [1.807, 2.05) is 0 Å². The Balaban J connectivity index is 1.87. The number of anilines is 1. The Morgan fingerprint density at radius 1 is 1.29 bits per heavy atom. The van der Waals surface area contributed by atoms with E-state index in [1.165, 1.54) is 6.92 Å². The first-order valence-electron chi connectivity index (χ1n) is 8.10. The molecule has 0 bridgehead atoms. The number of ether oxygens (including phenoxy) is 1. The van der Waals surface area contributed by atoms with Crippen LogP contribution >= 0.6 is 0 Å². The second kappa shape index (κ2) is 7.70. The zero-order valence-corrected chi connectivity index (χ0v) is 15.0. The highest BCUT2D eigenvalue weighted by Gasteiger charge is 2.35. The van der Waals surface area contributed by atoms with Gasteiger partial charge in [-0.15, -0.1) is 0 Å². The van der Waals surface area contributed by atoms with E-state index in [9.17, 15) is 18.0 Å². The number of alkyl halides is 3. The highest BCUT2D eigenvalue weighted by atomic mass is 19.4. The molecular weight excluding hydrogens is 373 g/mol. The zero-order valence-electron chi connectivity index (χ0n) is 15.0. The molecule has 0 saturated heterocycles. The molecule has 0 aliphatic heterocycles. The van der Waals surface area contributed by atoms with Gasteiger partial charge in [-0.1, -0.05) is 11.8 Å². The Morgan fingerprint density at radius 3 is 2.64 bits per heavy atom. The Labute approximate surface area is 158 Å². The van der Waals surface area contributed by atoms with Gasteiger partial charge in [-0.2, -0.15) is 13.2 Å². The lowest BCUT2D eigenvalue weighted by Gasteiger charge is -2.10. The fourth-order valence-electron chi connectivity index (χ4n) is 2.51. The van der Waals surface area contributed by atoms with Gasteiger partial charge in [0.25, 0.3) is 5.91 Å². The molecule has 0 unspecified atom stereocenters. The van der Waals surface area contributed by atoms with Gasteiger partial charge >= 0.3 is 6.18 Å². The molecule has 28 heavy (non-hydrogen) atoms. The third-order valence-electron chi connectivity index (χ3n) is 3.73. The summed E-state index contributed by atoms with van der Waals surface area (Å²) in [6.07, 6.45) is -3.66. The second-order valence-electron chi connectivity index (χ2n) is 5.83. The maximum Gasteiger partial charge on any atom is 0.431 e. The second-order valence-corrected chi connectivity index (χ2v) is 5.83. The maximum atomic E-state index is 13.2. The summed E-state index contributed by atoms with van der Waals surface area (Å²) in [6, 6.07) is 7.57. The first kappa shape index (κ1) is 19.4. The third kappa shape index (κ3) is 4.13. The number of imidazole rings is 1. The normalized spacial score (nSPS) is 11.2. The molecule has 0 radical (unpaired) electrons. The Morgan fingerprint density at radius 2 is 2.00 bits per heavy atom. The van der Waals surface area contributed by atoms with Gasteiger partial charge in [0.05, 0.1) is 0 Å². The summed E-state index contributed by atoms with van der Waals surface area (Å²) in [5, 5.41) is 2.60. The van der Waals surface area contributed by atoms with Crippen molar-refractivity contribution in [2.24, 2.45) is 0 Å². The van der Waals surface area contributed by atoms with Gasteiger partial charge in [0, 0.05) is 24.1 Å². The van der Waals surface area contributed by atoms with Crippen molar-refractivity contribution in [2.45, 2.75) is 13.1 Å². The molecule has 3 aromatic rings. The van der Waals surface area contributed by atoms with Crippen molar-refractivity contribution in [3.8, 4) is 11.8 Å². The van der Waals surface area contributed by atoms with Crippen LogP contribution in [0.5, 0.6) is 0 Å². The molecule has 0 atom stereocenters. The molecule has 6 nitrogen and oxygen atoms in total. The summed E-state index contributed by atoms with van der Waals surface area (Å²) in [5.74, 6) is 5.03. The summed E-state index contributed by atoms with van der Waals surface area (Å²) < 4.78 is 45.2. The van der Waals surface area contributed by atoms with Gasteiger partial charge < -0.3 is 10.1 Å². The Hall–Kier alpha value is -3.38. The number of amides is 1. The van der Waals surface area contributed by atoms with Gasteiger partial charge in [-0.25, -0.2) is 9.97 Å². The van der Waals surface area contributed by atoms with Crippen LogP contribution < -0.4 is 5.32 Å². The van der Waals surface area contributed by atoms with Crippen molar-refractivity contribution in [3.63, 3.8) is 0 Å². The molecular formula is C19H15F3N4O2. The predicted octanol–water partition coefficient (Wildman–Crippen LogP) is 3.31. The van der Waals surface area contributed by atoms with E-state index in [0.29, 0.717) is 12.3 Å². The maximum absolute atomic E-state index is 13.2. The fourth-order valence-corrected chi connectivity index (χ4v) is 2.51. The van der Waals surface area contributed by atoms with E-state index in [0.717, 1.165) is 22.4 Å². The number of benzene rings is 1. The van der Waals surface area contributed by atoms with Gasteiger partial charge in [-0.05, 0) is 37.3 Å². The minimum atomic E-state index is -4.60. The summed E-state index contributed by atoms with van der Waals surface area (Å²) in [5.41, 5.74) is 0.0145. The van der Waals surface area contributed by atoms with Crippen molar-refractivity contribution in [1.29, 1.82) is 0 Å². The number of carbonyl (C=O) groups is 1. The van der Waals surface area contributed by atoms with Crippen molar-refractivity contribution >= 4 is 17.2 Å². The van der Waals surface area contributed by atoms with E-state index < -0.39 is 17.8 Å². The molecule has 0 saturated carbocycles. The minimum Gasteiger partial charge on any atom is -0.372 e. The number of rotatable bonds is 3. The monoisotopic (exact) mass is 388 g/mol. The number of nitrogens with one attached hydrogen (secondary N) is 1. The van der Waals surface area contributed by atoms with Gasteiger partial charge in [-0.3, -0.25) is 9.20 Å². The number of halogens is 3. The van der Waals surface area contributed by atoms with E-state index in [2.05, 4.69) is 27.1 Å². The standard InChI is InChI=1S/C19H15F3N4O2/c1-12-10-15(19(20,21)22)26-11-23-16(17(26)24-12)18(27)25-14-7-5-13(6-8-14)4-3-9-28-2/h5-8,10-11H,9H2,1-2H3,(H,25,27). The summed E-state index contributed by atoms with van der Waals surface area (Å²) in [6.45, 7) is 1.73. The van der Waals surface area contributed by atoms with Crippen molar-refractivity contribution in [3.05, 3.63) is 59.3 Å². The molecule has 144 valence electrons. The van der Waals surface area contributed by atoms with Crippen LogP contribution in [0, 0.1) is 18.8 Å². The molecule has 0 aliphatic carbocycles. The number of methoxy groups -OCH3 is 1. The molecule has 3 rings (SSSR count). The minimum absolute atomic E-state index is 0.133. The lowest BCUT2D eigenvalue weighted by atomic mass is 10.2. The summed E-state index contributed by atoms with van der Waals surface area (Å²) in [7, 11) is 1.54. The van der Waals surface area contributed by atoms with E-state index in [1.54, 1.807) is 31.4 Å². The summed E-state index contributed by atoms with van der Waals surface area (Å²) in [4.78, 5) is 20.4. The van der Waals surface area contributed by atoms with Gasteiger partial charge in [0.2, 0.25) is 0 Å². The molecule has 1 N–H and O–H groups in total. The number of fused-ring (bicyclic) bond motifs is 1. The van der Waals surface area contributed by atoms with Crippen molar-refractivity contribution in [1.82, 2.24) is 14.4 Å². The molecule has 1 amide bonds. The number of hydrogen-bond acceptors (Lipinski definition) is 4. The van der Waals surface area contributed by atoms with Crippen LogP contribution in [0.2, 0.25) is 0 Å². The quantitative estimate of drug-likeness (QED) is 0.699. The van der Waals surface area contributed by atoms with Crippen molar-refractivity contribution in [2.75, 3.05) is 19.0 Å². The van der Waals surface area contributed by atoms with E-state index in [4.69, 9.17) is 4.74 Å². The number of carbonyl (C=O) groups excluding carboxylic acids is 1. The van der Waals surface area contributed by atoms with Gasteiger partial charge in [0.15, 0.2) is 11.3 Å². The average Bonchev–Trinajstić information content (AvgIpc) is 3.05. The molecule has 2 heterocycles. The molecule has 1 aromatic carbocycles. The fraction of sp³-hybridized carbons (Fsp3) is 0.211.